The van der Waals surface area contributed by atoms with E-state index in [1.54, 1.807) is 37.3 Å². The molecule has 4 heteroatoms. The first kappa shape index (κ1) is 10.3. The van der Waals surface area contributed by atoms with Crippen molar-refractivity contribution in [3.63, 3.8) is 0 Å². The number of carbonyl (C=O) groups excluding carboxylic acids is 1. The molecule has 16 heavy (non-hydrogen) atoms. The van der Waals surface area contributed by atoms with Gasteiger partial charge in [0.15, 0.2) is 12.1 Å². The van der Waals surface area contributed by atoms with E-state index in [4.69, 9.17) is 0 Å². The third-order valence-electron chi connectivity index (χ3n) is 2.10. The first-order valence-electron chi connectivity index (χ1n) is 4.79. The molecule has 1 heterocycles. The molecule has 0 atom stereocenters. The Kier molecular flexibility index (Phi) is 2.64. The Hall–Kier alpha value is -2.23. The van der Waals surface area contributed by atoms with Gasteiger partial charge in [0.05, 0.1) is 0 Å². The summed E-state index contributed by atoms with van der Waals surface area (Å²) in [4.78, 5) is 19.0. The summed E-state index contributed by atoms with van der Waals surface area (Å²) in [6.45, 7) is 1.79. The minimum absolute atomic E-state index is 0.148. The summed E-state index contributed by atoms with van der Waals surface area (Å²) < 4.78 is 0. The molecule has 0 saturated heterocycles. The predicted octanol–water partition coefficient (Wildman–Crippen LogP) is 1.97. The van der Waals surface area contributed by atoms with Crippen molar-refractivity contribution in [2.45, 2.75) is 6.92 Å². The highest BCUT2D eigenvalue weighted by molar-refractivity contribution is 5.73. The molecular weight excluding hydrogens is 204 g/mol. The van der Waals surface area contributed by atoms with Crippen molar-refractivity contribution in [1.82, 2.24) is 9.97 Å². The van der Waals surface area contributed by atoms with Crippen molar-refractivity contribution < 1.29 is 9.90 Å². The summed E-state index contributed by atoms with van der Waals surface area (Å²) in [6.07, 6.45) is 0.682. The lowest BCUT2D eigenvalue weighted by molar-refractivity contribution is 0.111. The first-order valence-corrected chi connectivity index (χ1v) is 4.79. The van der Waals surface area contributed by atoms with Gasteiger partial charge in [0.1, 0.15) is 11.4 Å². The van der Waals surface area contributed by atoms with E-state index in [2.05, 4.69) is 9.97 Å². The summed E-state index contributed by atoms with van der Waals surface area (Å²) in [6, 6.07) is 8.22. The van der Waals surface area contributed by atoms with Gasteiger partial charge in [-0.25, -0.2) is 9.97 Å². The second kappa shape index (κ2) is 4.10. The molecule has 0 aliphatic carbocycles. The molecule has 0 aliphatic heterocycles. The zero-order valence-electron chi connectivity index (χ0n) is 8.71. The van der Waals surface area contributed by atoms with E-state index in [0.29, 0.717) is 23.4 Å². The largest absolute Gasteiger partial charge is 0.508 e. The number of aryl methyl sites for hydroxylation is 1. The Morgan fingerprint density at radius 3 is 2.75 bits per heavy atom. The van der Waals surface area contributed by atoms with Crippen LogP contribution in [0, 0.1) is 6.92 Å². The number of phenolic OH excluding ortho intramolecular Hbond substituents is 1. The van der Waals surface area contributed by atoms with Crippen LogP contribution in [0.3, 0.4) is 0 Å². The summed E-state index contributed by atoms with van der Waals surface area (Å²) in [5, 5.41) is 9.35. The molecule has 0 amide bonds. The van der Waals surface area contributed by atoms with E-state index < -0.39 is 0 Å². The third-order valence-corrected chi connectivity index (χ3v) is 2.10. The van der Waals surface area contributed by atoms with Gasteiger partial charge in [-0.05, 0) is 25.1 Å². The minimum atomic E-state index is 0.148. The van der Waals surface area contributed by atoms with E-state index in [9.17, 15) is 9.90 Å². The zero-order chi connectivity index (χ0) is 11.5. The molecule has 80 valence electrons. The lowest BCUT2D eigenvalue weighted by Crippen LogP contribution is -1.96. The van der Waals surface area contributed by atoms with Crippen molar-refractivity contribution in [2.75, 3.05) is 0 Å². The number of benzene rings is 1. The van der Waals surface area contributed by atoms with Gasteiger partial charge in [0.25, 0.3) is 0 Å². The number of aromatic nitrogens is 2. The predicted molar refractivity (Wildman–Crippen MR) is 59.3 cm³/mol. The van der Waals surface area contributed by atoms with Gasteiger partial charge in [0.2, 0.25) is 0 Å². The molecule has 1 aromatic heterocycles. The maximum atomic E-state index is 10.7. The molecule has 2 rings (SSSR count). The molecule has 0 spiro atoms. The number of hydrogen-bond acceptors (Lipinski definition) is 4. The Labute approximate surface area is 92.6 Å². The van der Waals surface area contributed by atoms with E-state index >= 15 is 0 Å². The highest BCUT2D eigenvalue weighted by Crippen LogP contribution is 2.20. The quantitative estimate of drug-likeness (QED) is 0.776. The van der Waals surface area contributed by atoms with Crippen LogP contribution in [-0.2, 0) is 0 Å². The number of hydrogen-bond donors (Lipinski definition) is 1. The monoisotopic (exact) mass is 214 g/mol. The molecule has 0 bridgehead atoms. The maximum absolute atomic E-state index is 10.7. The van der Waals surface area contributed by atoms with Crippen molar-refractivity contribution in [2.24, 2.45) is 0 Å². The van der Waals surface area contributed by atoms with Crippen LogP contribution in [0.15, 0.2) is 30.3 Å². The highest BCUT2D eigenvalue weighted by Gasteiger charge is 2.04. The van der Waals surface area contributed by atoms with Gasteiger partial charge in [-0.2, -0.15) is 0 Å². The molecule has 0 aliphatic rings. The smallest absolute Gasteiger partial charge is 0.168 e. The van der Waals surface area contributed by atoms with Gasteiger partial charge in [-0.1, -0.05) is 12.1 Å². The van der Waals surface area contributed by atoms with Gasteiger partial charge >= 0.3 is 0 Å². The van der Waals surface area contributed by atoms with Gasteiger partial charge in [0, 0.05) is 11.3 Å². The summed E-state index contributed by atoms with van der Waals surface area (Å²) in [7, 11) is 0. The molecule has 2 aromatic rings. The van der Waals surface area contributed by atoms with E-state index in [0.717, 1.165) is 5.69 Å². The number of phenols is 1. The number of rotatable bonds is 2. The summed E-state index contributed by atoms with van der Waals surface area (Å²) >= 11 is 0. The van der Waals surface area contributed by atoms with Crippen molar-refractivity contribution >= 4 is 6.29 Å². The molecule has 0 fully saturated rings. The van der Waals surface area contributed by atoms with Crippen LogP contribution < -0.4 is 0 Å². The van der Waals surface area contributed by atoms with Gasteiger partial charge in [-0.15, -0.1) is 0 Å². The first-order chi connectivity index (χ1) is 7.69. The second-order valence-corrected chi connectivity index (χ2v) is 3.43. The lowest BCUT2D eigenvalue weighted by Gasteiger charge is -2.02. The Bertz CT molecular complexity index is 538. The maximum Gasteiger partial charge on any atom is 0.168 e. The molecule has 4 nitrogen and oxygen atoms in total. The molecule has 0 saturated carbocycles. The standard InChI is InChI=1S/C12H10N2O2/c1-8-5-10(7-15)14-12(13-8)9-3-2-4-11(16)6-9/h2-7,16H,1H3. The summed E-state index contributed by atoms with van der Waals surface area (Å²) in [5.41, 5.74) is 1.74. The van der Waals surface area contributed by atoms with E-state index in [-0.39, 0.29) is 5.75 Å². The molecule has 0 unspecified atom stereocenters. The zero-order valence-corrected chi connectivity index (χ0v) is 8.71. The number of aromatic hydroxyl groups is 1. The lowest BCUT2D eigenvalue weighted by atomic mass is 10.2. The van der Waals surface area contributed by atoms with Crippen LogP contribution in [0.2, 0.25) is 0 Å². The van der Waals surface area contributed by atoms with Crippen molar-refractivity contribution in [1.29, 1.82) is 0 Å². The fourth-order valence-electron chi connectivity index (χ4n) is 1.43. The fourth-order valence-corrected chi connectivity index (χ4v) is 1.43. The van der Waals surface area contributed by atoms with Crippen LogP contribution in [0.5, 0.6) is 5.75 Å². The normalized spacial score (nSPS) is 10.1. The fraction of sp³-hybridized carbons (Fsp3) is 0.0833. The molecule has 1 N–H and O–H groups in total. The average Bonchev–Trinajstić information content (AvgIpc) is 2.28. The van der Waals surface area contributed by atoms with Crippen LogP contribution in [0.25, 0.3) is 11.4 Å². The van der Waals surface area contributed by atoms with E-state index in [1.165, 1.54) is 0 Å². The SMILES string of the molecule is Cc1cc(C=O)nc(-c2cccc(O)c2)n1. The number of nitrogens with zero attached hydrogens (tertiary/aromatic N) is 2. The Morgan fingerprint density at radius 2 is 2.06 bits per heavy atom. The van der Waals surface area contributed by atoms with Crippen LogP contribution in [0.4, 0.5) is 0 Å². The molecule has 0 radical (unpaired) electrons. The van der Waals surface area contributed by atoms with E-state index in [1.807, 2.05) is 0 Å². The number of carbonyl (C=O) groups is 1. The Balaban J connectivity index is 2.55. The van der Waals surface area contributed by atoms with Crippen molar-refractivity contribution in [3.05, 3.63) is 41.7 Å². The summed E-state index contributed by atoms with van der Waals surface area (Å²) in [5.74, 6) is 0.591. The van der Waals surface area contributed by atoms with Crippen molar-refractivity contribution in [3.8, 4) is 17.1 Å². The molecule has 1 aromatic carbocycles. The van der Waals surface area contributed by atoms with Crippen LogP contribution in [-0.4, -0.2) is 21.4 Å². The minimum Gasteiger partial charge on any atom is -0.508 e. The topological polar surface area (TPSA) is 63.1 Å². The van der Waals surface area contributed by atoms with Crippen LogP contribution in [0.1, 0.15) is 16.2 Å². The number of aldehydes is 1. The van der Waals surface area contributed by atoms with Crippen LogP contribution >= 0.6 is 0 Å². The van der Waals surface area contributed by atoms with Gasteiger partial charge in [-0.3, -0.25) is 4.79 Å². The Morgan fingerprint density at radius 1 is 1.25 bits per heavy atom. The third kappa shape index (κ3) is 2.06. The highest BCUT2D eigenvalue weighted by atomic mass is 16.3. The van der Waals surface area contributed by atoms with Gasteiger partial charge < -0.3 is 5.11 Å². The molecular formula is C12H10N2O2. The second-order valence-electron chi connectivity index (χ2n) is 3.43. The average molecular weight is 214 g/mol.